The smallest absolute Gasteiger partial charge is 0.230 e. The van der Waals surface area contributed by atoms with Crippen LogP contribution in [0.5, 0.6) is 0 Å². The van der Waals surface area contributed by atoms with Crippen LogP contribution >= 0.6 is 11.3 Å². The molecule has 1 heterocycles. The second-order valence-electron chi connectivity index (χ2n) is 9.27. The van der Waals surface area contributed by atoms with Crippen molar-refractivity contribution in [2.24, 2.45) is 0 Å². The van der Waals surface area contributed by atoms with Gasteiger partial charge in [0.1, 0.15) is 5.01 Å². The van der Waals surface area contributed by atoms with Crippen molar-refractivity contribution in [3.8, 4) is 10.6 Å². The van der Waals surface area contributed by atoms with Gasteiger partial charge in [0.25, 0.3) is 0 Å². The molecule has 1 fully saturated rings. The Kier molecular flexibility index (Phi) is 8.64. The number of aryl methyl sites for hydroxylation is 1. The average Bonchev–Trinajstić information content (AvgIpc) is 3.34. The molecule has 0 bridgehead atoms. The Morgan fingerprint density at radius 2 is 1.74 bits per heavy atom. The molecule has 184 valence electrons. The number of hydrogen-bond acceptors (Lipinski definition) is 5. The molecule has 2 aromatic carbocycles. The van der Waals surface area contributed by atoms with E-state index >= 15 is 0 Å². The highest BCUT2D eigenvalue weighted by molar-refractivity contribution is 7.18. The van der Waals surface area contributed by atoms with E-state index in [0.29, 0.717) is 11.7 Å². The van der Waals surface area contributed by atoms with Crippen LogP contribution in [0.2, 0.25) is 0 Å². The SMILES string of the molecule is CC[C@H](C(=O)N(CCC(=O)Nc1nnc(-c2ccc(C)cc2)s1)C1CCCCC1)c1ccccc1. The first-order valence-electron chi connectivity index (χ1n) is 12.6. The number of carbonyl (C=O) groups is 2. The van der Waals surface area contributed by atoms with Crippen LogP contribution in [0.4, 0.5) is 5.13 Å². The van der Waals surface area contributed by atoms with Gasteiger partial charge in [0.15, 0.2) is 0 Å². The van der Waals surface area contributed by atoms with E-state index in [0.717, 1.165) is 48.2 Å². The Morgan fingerprint density at radius 1 is 1.03 bits per heavy atom. The van der Waals surface area contributed by atoms with Crippen LogP contribution in [-0.4, -0.2) is 39.5 Å². The molecule has 1 aliphatic rings. The number of benzene rings is 2. The maximum atomic E-state index is 13.7. The van der Waals surface area contributed by atoms with Crippen molar-refractivity contribution in [3.63, 3.8) is 0 Å². The van der Waals surface area contributed by atoms with Gasteiger partial charge < -0.3 is 10.2 Å². The third kappa shape index (κ3) is 6.54. The summed E-state index contributed by atoms with van der Waals surface area (Å²) in [7, 11) is 0. The van der Waals surface area contributed by atoms with Crippen molar-refractivity contribution in [1.82, 2.24) is 15.1 Å². The maximum absolute atomic E-state index is 13.7. The van der Waals surface area contributed by atoms with Crippen molar-refractivity contribution in [3.05, 3.63) is 65.7 Å². The highest BCUT2D eigenvalue weighted by Crippen LogP contribution is 2.29. The van der Waals surface area contributed by atoms with Gasteiger partial charge in [0, 0.05) is 24.6 Å². The second-order valence-corrected chi connectivity index (χ2v) is 10.2. The fourth-order valence-electron chi connectivity index (χ4n) is 4.79. The van der Waals surface area contributed by atoms with Crippen molar-refractivity contribution in [1.29, 1.82) is 0 Å². The molecule has 0 saturated heterocycles. The number of amides is 2. The first kappa shape index (κ1) is 25.0. The van der Waals surface area contributed by atoms with Crippen LogP contribution in [0.1, 0.15) is 68.9 Å². The molecule has 0 radical (unpaired) electrons. The van der Waals surface area contributed by atoms with Gasteiger partial charge in [0.05, 0.1) is 5.92 Å². The number of hydrogen-bond donors (Lipinski definition) is 1. The summed E-state index contributed by atoms with van der Waals surface area (Å²) in [5.74, 6) is -0.185. The molecule has 35 heavy (non-hydrogen) atoms. The van der Waals surface area contributed by atoms with Crippen LogP contribution in [-0.2, 0) is 9.59 Å². The van der Waals surface area contributed by atoms with Gasteiger partial charge in [-0.2, -0.15) is 0 Å². The summed E-state index contributed by atoms with van der Waals surface area (Å²) >= 11 is 1.36. The summed E-state index contributed by atoms with van der Waals surface area (Å²) in [6.07, 6.45) is 6.49. The van der Waals surface area contributed by atoms with Gasteiger partial charge in [-0.1, -0.05) is 97.7 Å². The zero-order chi connectivity index (χ0) is 24.6. The lowest BCUT2D eigenvalue weighted by atomic mass is 9.90. The first-order valence-corrected chi connectivity index (χ1v) is 13.4. The lowest BCUT2D eigenvalue weighted by Crippen LogP contribution is -2.45. The lowest BCUT2D eigenvalue weighted by Gasteiger charge is -2.36. The third-order valence-electron chi connectivity index (χ3n) is 6.76. The van der Waals surface area contributed by atoms with E-state index in [-0.39, 0.29) is 30.2 Å². The fourth-order valence-corrected chi connectivity index (χ4v) is 5.56. The number of anilines is 1. The average molecular weight is 491 g/mol. The predicted octanol–water partition coefficient (Wildman–Crippen LogP) is 6.20. The Labute approximate surface area is 211 Å². The normalized spacial score (nSPS) is 14.9. The van der Waals surface area contributed by atoms with Crippen LogP contribution in [0.3, 0.4) is 0 Å². The number of nitrogens with zero attached hydrogens (tertiary/aromatic N) is 3. The topological polar surface area (TPSA) is 75.2 Å². The molecule has 1 atom stereocenters. The predicted molar refractivity (Wildman–Crippen MR) is 141 cm³/mol. The zero-order valence-corrected chi connectivity index (χ0v) is 21.4. The lowest BCUT2D eigenvalue weighted by molar-refractivity contribution is -0.136. The van der Waals surface area contributed by atoms with E-state index in [1.165, 1.54) is 23.3 Å². The Bertz CT molecular complexity index is 1110. The number of rotatable bonds is 9. The van der Waals surface area contributed by atoms with Crippen molar-refractivity contribution >= 4 is 28.3 Å². The van der Waals surface area contributed by atoms with Gasteiger partial charge >= 0.3 is 0 Å². The molecule has 0 unspecified atom stereocenters. The molecular formula is C28H34N4O2S. The number of aromatic nitrogens is 2. The molecule has 7 heteroatoms. The molecule has 3 aromatic rings. The fraction of sp³-hybridized carbons (Fsp3) is 0.429. The molecule has 6 nitrogen and oxygen atoms in total. The van der Waals surface area contributed by atoms with E-state index < -0.39 is 0 Å². The summed E-state index contributed by atoms with van der Waals surface area (Å²) in [5.41, 5.74) is 3.21. The minimum Gasteiger partial charge on any atom is -0.339 e. The van der Waals surface area contributed by atoms with Crippen LogP contribution in [0, 0.1) is 6.92 Å². The van der Waals surface area contributed by atoms with E-state index in [9.17, 15) is 9.59 Å². The molecule has 0 aliphatic heterocycles. The molecule has 1 aliphatic carbocycles. The summed E-state index contributed by atoms with van der Waals surface area (Å²) in [5, 5.41) is 12.5. The molecule has 1 aromatic heterocycles. The van der Waals surface area contributed by atoms with Crippen molar-refractivity contribution in [2.45, 2.75) is 70.8 Å². The standard InChI is InChI=1S/C28H34N4O2S/c1-3-24(21-10-6-4-7-11-21)27(34)32(23-12-8-5-9-13-23)19-18-25(33)29-28-31-30-26(35-28)22-16-14-20(2)15-17-22/h4,6-7,10-11,14-17,23-24H,3,5,8-9,12-13,18-19H2,1-2H3,(H,29,31,33)/t24-/m0/s1. The Morgan fingerprint density at radius 3 is 2.43 bits per heavy atom. The minimum atomic E-state index is -0.179. The Hall–Kier alpha value is -3.06. The van der Waals surface area contributed by atoms with Crippen LogP contribution < -0.4 is 5.32 Å². The molecule has 4 rings (SSSR count). The van der Waals surface area contributed by atoms with Gasteiger partial charge in [-0.15, -0.1) is 10.2 Å². The number of carbonyl (C=O) groups excluding carboxylic acids is 2. The van der Waals surface area contributed by atoms with E-state index in [4.69, 9.17) is 0 Å². The van der Waals surface area contributed by atoms with Crippen molar-refractivity contribution in [2.75, 3.05) is 11.9 Å². The molecule has 0 spiro atoms. The van der Waals surface area contributed by atoms with Gasteiger partial charge in [-0.05, 0) is 31.7 Å². The van der Waals surface area contributed by atoms with E-state index in [2.05, 4.69) is 22.4 Å². The second kappa shape index (κ2) is 12.1. The Balaban J connectivity index is 1.41. The zero-order valence-electron chi connectivity index (χ0n) is 20.6. The van der Waals surface area contributed by atoms with Gasteiger partial charge in [-0.25, -0.2) is 0 Å². The van der Waals surface area contributed by atoms with E-state index in [1.54, 1.807) is 0 Å². The highest BCUT2D eigenvalue weighted by Gasteiger charge is 2.31. The quantitative estimate of drug-likeness (QED) is 0.388. The third-order valence-corrected chi connectivity index (χ3v) is 7.64. The molecular weight excluding hydrogens is 456 g/mol. The summed E-state index contributed by atoms with van der Waals surface area (Å²) in [4.78, 5) is 28.5. The molecule has 1 saturated carbocycles. The first-order chi connectivity index (χ1) is 17.0. The van der Waals surface area contributed by atoms with Crippen LogP contribution in [0.15, 0.2) is 54.6 Å². The molecule has 2 amide bonds. The summed E-state index contributed by atoms with van der Waals surface area (Å²) < 4.78 is 0. The largest absolute Gasteiger partial charge is 0.339 e. The van der Waals surface area contributed by atoms with Gasteiger partial charge in [-0.3, -0.25) is 9.59 Å². The minimum absolute atomic E-state index is 0.135. The number of nitrogens with one attached hydrogen (secondary N) is 1. The maximum Gasteiger partial charge on any atom is 0.230 e. The van der Waals surface area contributed by atoms with Gasteiger partial charge in [0.2, 0.25) is 16.9 Å². The van der Waals surface area contributed by atoms with Crippen LogP contribution in [0.25, 0.3) is 10.6 Å². The monoisotopic (exact) mass is 490 g/mol. The summed E-state index contributed by atoms with van der Waals surface area (Å²) in [6.45, 7) is 4.52. The highest BCUT2D eigenvalue weighted by atomic mass is 32.1. The summed E-state index contributed by atoms with van der Waals surface area (Å²) in [6, 6.07) is 18.3. The van der Waals surface area contributed by atoms with Crippen molar-refractivity contribution < 1.29 is 9.59 Å². The van der Waals surface area contributed by atoms with E-state index in [1.807, 2.05) is 66.4 Å². The molecule has 1 N–H and O–H groups in total.